The summed E-state index contributed by atoms with van der Waals surface area (Å²) in [5, 5.41) is 8.76. The van der Waals surface area contributed by atoms with E-state index in [2.05, 4.69) is 28.2 Å². The van der Waals surface area contributed by atoms with Crippen LogP contribution < -0.4 is 0 Å². The molecule has 1 aliphatic heterocycles. The van der Waals surface area contributed by atoms with Crippen molar-refractivity contribution in [3.8, 4) is 0 Å². The molecule has 0 aliphatic carbocycles. The molecule has 0 N–H and O–H groups in total. The molecule has 7 heteroatoms. The molecule has 1 fully saturated rings. The minimum absolute atomic E-state index is 0.00716. The lowest BCUT2D eigenvalue weighted by atomic mass is 10.2. The van der Waals surface area contributed by atoms with E-state index in [-0.39, 0.29) is 11.9 Å². The molecule has 0 bridgehead atoms. The largest absolute Gasteiger partial charge is 0.334 e. The molecule has 0 spiro atoms. The highest BCUT2D eigenvalue weighted by Gasteiger charge is 2.31. The minimum Gasteiger partial charge on any atom is -0.334 e. The molecule has 0 radical (unpaired) electrons. The molecule has 1 aliphatic rings. The molecule has 0 saturated carbocycles. The number of amides is 1. The molecule has 0 aromatic carbocycles. The Morgan fingerprint density at radius 2 is 2.25 bits per heavy atom. The summed E-state index contributed by atoms with van der Waals surface area (Å²) in [6.45, 7) is 5.55. The van der Waals surface area contributed by atoms with Crippen LogP contribution >= 0.6 is 0 Å². The van der Waals surface area contributed by atoms with Gasteiger partial charge in [-0.05, 0) is 38.8 Å². The number of carbonyl (C=O) groups excluding carboxylic acids is 1. The Bertz CT molecular complexity index is 896. The first-order valence-electron chi connectivity index (χ1n) is 8.24. The number of carbonyl (C=O) groups is 1. The Balaban J connectivity index is 1.60. The summed E-state index contributed by atoms with van der Waals surface area (Å²) in [5.41, 5.74) is 3.31. The van der Waals surface area contributed by atoms with Crippen LogP contribution in [0.15, 0.2) is 30.7 Å². The molecule has 3 aromatic heterocycles. The van der Waals surface area contributed by atoms with E-state index in [1.54, 1.807) is 29.2 Å². The van der Waals surface area contributed by atoms with Gasteiger partial charge in [0.05, 0.1) is 24.5 Å². The van der Waals surface area contributed by atoms with E-state index in [0.717, 1.165) is 37.3 Å². The molecule has 3 aromatic rings. The maximum Gasteiger partial charge on any atom is 0.259 e. The van der Waals surface area contributed by atoms with E-state index in [0.29, 0.717) is 11.2 Å². The van der Waals surface area contributed by atoms with Crippen LogP contribution in [0, 0.1) is 13.8 Å². The van der Waals surface area contributed by atoms with E-state index in [9.17, 15) is 4.79 Å². The van der Waals surface area contributed by atoms with E-state index >= 15 is 0 Å². The summed E-state index contributed by atoms with van der Waals surface area (Å²) in [6.07, 6.45) is 7.12. The Hall–Kier alpha value is -2.70. The molecular formula is C17H20N6O. The van der Waals surface area contributed by atoms with Crippen LogP contribution in [0.25, 0.3) is 5.65 Å². The van der Waals surface area contributed by atoms with Gasteiger partial charge in [0.15, 0.2) is 5.65 Å². The number of fused-ring (bicyclic) bond motifs is 1. The summed E-state index contributed by atoms with van der Waals surface area (Å²) >= 11 is 0. The van der Waals surface area contributed by atoms with Crippen LogP contribution in [0.5, 0.6) is 0 Å². The topological polar surface area (TPSA) is 68.3 Å². The molecule has 4 heterocycles. The standard InChI is InChI=1S/C17H20N6O/c1-12-9-13(2)23(20-12)11-14-5-3-7-21(14)17(24)15-10-19-22-8-4-6-18-16(15)22/h4,6,8-10,14H,3,5,7,11H2,1-2H3/t14-/m0/s1. The first-order valence-corrected chi connectivity index (χ1v) is 8.24. The van der Waals surface area contributed by atoms with Crippen molar-refractivity contribution < 1.29 is 4.79 Å². The van der Waals surface area contributed by atoms with E-state index in [1.165, 1.54) is 0 Å². The zero-order valence-electron chi connectivity index (χ0n) is 13.9. The second-order valence-electron chi connectivity index (χ2n) is 6.35. The van der Waals surface area contributed by atoms with Crippen LogP contribution in [-0.2, 0) is 6.54 Å². The fourth-order valence-corrected chi connectivity index (χ4v) is 3.49. The van der Waals surface area contributed by atoms with Crippen molar-refractivity contribution in [1.29, 1.82) is 0 Å². The zero-order chi connectivity index (χ0) is 16.7. The number of nitrogens with zero attached hydrogens (tertiary/aromatic N) is 6. The van der Waals surface area contributed by atoms with Gasteiger partial charge < -0.3 is 4.90 Å². The third-order valence-electron chi connectivity index (χ3n) is 4.63. The van der Waals surface area contributed by atoms with Gasteiger partial charge in [-0.15, -0.1) is 0 Å². The highest BCUT2D eigenvalue weighted by atomic mass is 16.2. The molecule has 0 unspecified atom stereocenters. The lowest BCUT2D eigenvalue weighted by Crippen LogP contribution is -2.38. The van der Waals surface area contributed by atoms with Gasteiger partial charge in [-0.2, -0.15) is 10.2 Å². The molecular weight excluding hydrogens is 304 g/mol. The third kappa shape index (κ3) is 2.46. The normalized spacial score (nSPS) is 17.8. The Labute approximate surface area is 139 Å². The van der Waals surface area contributed by atoms with Crippen molar-refractivity contribution in [3.05, 3.63) is 47.7 Å². The highest BCUT2D eigenvalue weighted by Crippen LogP contribution is 2.23. The summed E-state index contributed by atoms with van der Waals surface area (Å²) in [6, 6.07) is 4.03. The van der Waals surface area contributed by atoms with Crippen LogP contribution in [0.2, 0.25) is 0 Å². The second-order valence-corrected chi connectivity index (χ2v) is 6.35. The third-order valence-corrected chi connectivity index (χ3v) is 4.63. The summed E-state index contributed by atoms with van der Waals surface area (Å²) < 4.78 is 3.64. The van der Waals surface area contributed by atoms with Crippen LogP contribution in [0.3, 0.4) is 0 Å². The monoisotopic (exact) mass is 324 g/mol. The zero-order valence-corrected chi connectivity index (χ0v) is 13.9. The maximum atomic E-state index is 13.0. The number of likely N-dealkylation sites (tertiary alicyclic amines) is 1. The quantitative estimate of drug-likeness (QED) is 0.737. The van der Waals surface area contributed by atoms with Crippen LogP contribution in [0.4, 0.5) is 0 Å². The SMILES string of the molecule is Cc1cc(C)n(C[C@@H]2CCCN2C(=O)c2cnn3cccnc23)n1. The average Bonchev–Trinajstić information content (AvgIpc) is 3.26. The van der Waals surface area contributed by atoms with Crippen molar-refractivity contribution in [2.24, 2.45) is 0 Å². The van der Waals surface area contributed by atoms with Gasteiger partial charge in [-0.3, -0.25) is 9.48 Å². The minimum atomic E-state index is 0.00716. The highest BCUT2D eigenvalue weighted by molar-refractivity contribution is 5.99. The van der Waals surface area contributed by atoms with Gasteiger partial charge in [0.25, 0.3) is 5.91 Å². The molecule has 1 amide bonds. The Morgan fingerprint density at radius 1 is 1.38 bits per heavy atom. The number of rotatable bonds is 3. The molecule has 4 rings (SSSR count). The number of hydrogen-bond acceptors (Lipinski definition) is 4. The number of hydrogen-bond donors (Lipinski definition) is 0. The van der Waals surface area contributed by atoms with Gasteiger partial charge in [0.2, 0.25) is 0 Å². The molecule has 7 nitrogen and oxygen atoms in total. The van der Waals surface area contributed by atoms with E-state index < -0.39 is 0 Å². The maximum absolute atomic E-state index is 13.0. The first kappa shape index (κ1) is 14.9. The smallest absolute Gasteiger partial charge is 0.259 e. The van der Waals surface area contributed by atoms with E-state index in [1.807, 2.05) is 16.5 Å². The first-order chi connectivity index (χ1) is 11.6. The predicted octanol–water partition coefficient (Wildman–Crippen LogP) is 1.85. The van der Waals surface area contributed by atoms with Crippen molar-refractivity contribution in [1.82, 2.24) is 29.3 Å². The second kappa shape index (κ2) is 5.74. The molecule has 124 valence electrons. The van der Waals surface area contributed by atoms with Gasteiger partial charge in [0, 0.05) is 24.6 Å². The fourth-order valence-electron chi connectivity index (χ4n) is 3.49. The van der Waals surface area contributed by atoms with Crippen LogP contribution in [0.1, 0.15) is 34.6 Å². The van der Waals surface area contributed by atoms with E-state index in [4.69, 9.17) is 0 Å². The van der Waals surface area contributed by atoms with Crippen molar-refractivity contribution in [2.45, 2.75) is 39.3 Å². The van der Waals surface area contributed by atoms with Gasteiger partial charge >= 0.3 is 0 Å². The van der Waals surface area contributed by atoms with Crippen molar-refractivity contribution in [3.63, 3.8) is 0 Å². The average molecular weight is 324 g/mol. The van der Waals surface area contributed by atoms with Gasteiger partial charge in [-0.1, -0.05) is 0 Å². The summed E-state index contributed by atoms with van der Waals surface area (Å²) in [4.78, 5) is 19.3. The molecule has 24 heavy (non-hydrogen) atoms. The van der Waals surface area contributed by atoms with Crippen LogP contribution in [-0.4, -0.2) is 47.8 Å². The van der Waals surface area contributed by atoms with Crippen molar-refractivity contribution >= 4 is 11.6 Å². The van der Waals surface area contributed by atoms with Gasteiger partial charge in [-0.25, -0.2) is 9.50 Å². The molecule has 1 atom stereocenters. The fraction of sp³-hybridized carbons (Fsp3) is 0.412. The Morgan fingerprint density at radius 3 is 3.04 bits per heavy atom. The summed E-state index contributed by atoms with van der Waals surface area (Å²) in [5.74, 6) is 0.00716. The number of aromatic nitrogens is 5. The van der Waals surface area contributed by atoms with Crippen molar-refractivity contribution in [2.75, 3.05) is 6.54 Å². The van der Waals surface area contributed by atoms with Gasteiger partial charge in [0.1, 0.15) is 5.56 Å². The predicted molar refractivity (Wildman–Crippen MR) is 88.7 cm³/mol. The molecule has 1 saturated heterocycles. The summed E-state index contributed by atoms with van der Waals surface area (Å²) in [7, 11) is 0. The lowest BCUT2D eigenvalue weighted by molar-refractivity contribution is 0.0723. The number of aryl methyl sites for hydroxylation is 2. The Kier molecular flexibility index (Phi) is 3.55. The lowest BCUT2D eigenvalue weighted by Gasteiger charge is -2.24.